The van der Waals surface area contributed by atoms with Crippen molar-refractivity contribution < 1.29 is 14.3 Å². The van der Waals surface area contributed by atoms with Crippen LogP contribution in [0.15, 0.2) is 11.3 Å². The summed E-state index contributed by atoms with van der Waals surface area (Å²) in [5.74, 6) is 0.381. The van der Waals surface area contributed by atoms with E-state index < -0.39 is 10.8 Å². The van der Waals surface area contributed by atoms with Crippen molar-refractivity contribution in [1.82, 2.24) is 4.90 Å². The van der Waals surface area contributed by atoms with Crippen LogP contribution in [-0.2, 0) is 14.3 Å². The molecule has 0 unspecified atom stereocenters. The van der Waals surface area contributed by atoms with Gasteiger partial charge in [-0.2, -0.15) is 0 Å². The summed E-state index contributed by atoms with van der Waals surface area (Å²) < 4.78 is 5.28. The Hall–Kier alpha value is -1.03. The number of halogens is 1. The van der Waals surface area contributed by atoms with Gasteiger partial charge in [-0.1, -0.05) is 0 Å². The third-order valence-corrected chi connectivity index (χ3v) is 3.12. The minimum atomic E-state index is -1.04. The molecule has 0 fully saturated rings. The molecule has 0 aromatic rings. The fourth-order valence-corrected chi connectivity index (χ4v) is 1.30. The van der Waals surface area contributed by atoms with Gasteiger partial charge in [0.1, 0.15) is 11.3 Å². The van der Waals surface area contributed by atoms with Gasteiger partial charge in [0.15, 0.2) is 6.73 Å². The van der Waals surface area contributed by atoms with E-state index in [9.17, 15) is 9.59 Å². The molecule has 0 aromatic heterocycles. The molecule has 1 rings (SSSR count). The van der Waals surface area contributed by atoms with Gasteiger partial charge < -0.3 is 4.74 Å². The smallest absolute Gasteiger partial charge is 0.256 e. The Kier molecular flexibility index (Phi) is 3.09. The Labute approximate surface area is 93.8 Å². The fourth-order valence-electron chi connectivity index (χ4n) is 1.20. The van der Waals surface area contributed by atoms with Gasteiger partial charge in [-0.3, -0.25) is 14.5 Å². The van der Waals surface area contributed by atoms with E-state index in [1.165, 1.54) is 4.90 Å². The predicted molar refractivity (Wildman–Crippen MR) is 56.1 cm³/mol. The third kappa shape index (κ3) is 2.00. The van der Waals surface area contributed by atoms with E-state index >= 15 is 0 Å². The molecule has 15 heavy (non-hydrogen) atoms. The monoisotopic (exact) mass is 231 g/mol. The molecule has 0 saturated carbocycles. The molecule has 0 saturated heterocycles. The minimum absolute atomic E-state index is 0.0630. The normalized spacial score (nSPS) is 17.9. The summed E-state index contributed by atoms with van der Waals surface area (Å²) in [6, 6.07) is 0. The second-order valence-corrected chi connectivity index (χ2v) is 4.36. The third-order valence-electron chi connectivity index (χ3n) is 2.66. The number of ether oxygens (including phenoxy) is 1. The summed E-state index contributed by atoms with van der Waals surface area (Å²) in [4.78, 5) is 24.4. The molecule has 1 heterocycles. The molecule has 0 radical (unpaired) electrons. The lowest BCUT2D eigenvalue weighted by Crippen LogP contribution is -2.54. The summed E-state index contributed by atoms with van der Waals surface area (Å²) in [6.07, 6.45) is 0. The highest BCUT2D eigenvalue weighted by atomic mass is 35.5. The van der Waals surface area contributed by atoms with E-state index in [1.54, 1.807) is 27.7 Å². The predicted octanol–water partition coefficient (Wildman–Crippen LogP) is 1.64. The SMILES string of the molecule is CC1=C(C)C(=O)N(C(C)(C)C(=O)Cl)CO1. The topological polar surface area (TPSA) is 46.6 Å². The first kappa shape index (κ1) is 12.0. The second-order valence-electron chi connectivity index (χ2n) is 4.02. The fraction of sp³-hybridized carbons (Fsp3) is 0.600. The van der Waals surface area contributed by atoms with Crippen molar-refractivity contribution in [2.24, 2.45) is 0 Å². The van der Waals surface area contributed by atoms with Crippen LogP contribution in [0.25, 0.3) is 0 Å². The first-order valence-electron chi connectivity index (χ1n) is 4.60. The van der Waals surface area contributed by atoms with Crippen LogP contribution in [-0.4, -0.2) is 28.3 Å². The molecule has 1 aliphatic heterocycles. The van der Waals surface area contributed by atoms with Gasteiger partial charge in [0.05, 0.1) is 5.57 Å². The average molecular weight is 232 g/mol. The zero-order valence-corrected chi connectivity index (χ0v) is 10.0. The summed E-state index contributed by atoms with van der Waals surface area (Å²) in [5, 5.41) is -0.577. The van der Waals surface area contributed by atoms with Crippen molar-refractivity contribution >= 4 is 22.8 Å². The van der Waals surface area contributed by atoms with Crippen LogP contribution in [0.3, 0.4) is 0 Å². The lowest BCUT2D eigenvalue weighted by atomic mass is 10.0. The van der Waals surface area contributed by atoms with Crippen LogP contribution in [0.2, 0.25) is 0 Å². The summed E-state index contributed by atoms with van der Waals surface area (Å²) in [5.41, 5.74) is -0.534. The number of carbonyl (C=O) groups is 2. The first-order valence-corrected chi connectivity index (χ1v) is 4.98. The Morgan fingerprint density at radius 1 is 1.47 bits per heavy atom. The van der Waals surface area contributed by atoms with Crippen molar-refractivity contribution in [1.29, 1.82) is 0 Å². The van der Waals surface area contributed by atoms with Crippen LogP contribution >= 0.6 is 11.6 Å². The van der Waals surface area contributed by atoms with Crippen molar-refractivity contribution in [3.63, 3.8) is 0 Å². The molecule has 0 aromatic carbocycles. The molecule has 0 spiro atoms. The van der Waals surface area contributed by atoms with Gasteiger partial charge in [0.2, 0.25) is 5.24 Å². The van der Waals surface area contributed by atoms with E-state index in [0.717, 1.165) is 0 Å². The van der Waals surface area contributed by atoms with Crippen LogP contribution < -0.4 is 0 Å². The van der Waals surface area contributed by atoms with Crippen molar-refractivity contribution in [2.75, 3.05) is 6.73 Å². The number of rotatable bonds is 2. The van der Waals surface area contributed by atoms with Crippen LogP contribution in [0.5, 0.6) is 0 Å². The molecule has 0 aliphatic carbocycles. The van der Waals surface area contributed by atoms with Crippen LogP contribution in [0, 0.1) is 0 Å². The van der Waals surface area contributed by atoms with E-state index in [4.69, 9.17) is 16.3 Å². The van der Waals surface area contributed by atoms with Gasteiger partial charge in [-0.05, 0) is 39.3 Å². The highest BCUT2D eigenvalue weighted by Crippen LogP contribution is 2.25. The molecule has 4 nitrogen and oxygen atoms in total. The standard InChI is InChI=1S/C10H14ClNO3/c1-6-7(2)15-5-12(8(6)13)10(3,4)9(11)14/h5H2,1-4H3. The number of allylic oxidation sites excluding steroid dienone is 1. The number of nitrogens with zero attached hydrogens (tertiary/aromatic N) is 1. The highest BCUT2D eigenvalue weighted by molar-refractivity contribution is 6.65. The summed E-state index contributed by atoms with van der Waals surface area (Å²) in [6.45, 7) is 6.64. The number of amides is 1. The lowest BCUT2D eigenvalue weighted by molar-refractivity contribution is -0.147. The second kappa shape index (κ2) is 3.85. The molecular formula is C10H14ClNO3. The van der Waals surface area contributed by atoms with Gasteiger partial charge in [0.25, 0.3) is 5.91 Å². The Morgan fingerprint density at radius 2 is 2.00 bits per heavy atom. The molecule has 1 aliphatic rings. The summed E-state index contributed by atoms with van der Waals surface area (Å²) >= 11 is 5.45. The summed E-state index contributed by atoms with van der Waals surface area (Å²) in [7, 11) is 0. The zero-order chi connectivity index (χ0) is 11.8. The van der Waals surface area contributed by atoms with E-state index in [-0.39, 0.29) is 12.6 Å². The van der Waals surface area contributed by atoms with E-state index in [1.807, 2.05) is 0 Å². The van der Waals surface area contributed by atoms with Crippen LogP contribution in [0.4, 0.5) is 0 Å². The van der Waals surface area contributed by atoms with Gasteiger partial charge in [-0.25, -0.2) is 0 Å². The maximum atomic E-state index is 11.9. The highest BCUT2D eigenvalue weighted by Gasteiger charge is 2.39. The minimum Gasteiger partial charge on any atom is -0.477 e. The molecule has 0 atom stereocenters. The maximum absolute atomic E-state index is 11.9. The van der Waals surface area contributed by atoms with Gasteiger partial charge in [-0.15, -0.1) is 0 Å². The van der Waals surface area contributed by atoms with E-state index in [2.05, 4.69) is 0 Å². The van der Waals surface area contributed by atoms with Gasteiger partial charge in [0, 0.05) is 0 Å². The molecule has 0 bridgehead atoms. The molecule has 1 amide bonds. The quantitative estimate of drug-likeness (QED) is 0.679. The number of hydrogen-bond acceptors (Lipinski definition) is 3. The first-order chi connectivity index (χ1) is 6.78. The average Bonchev–Trinajstić information content (AvgIpc) is 2.13. The lowest BCUT2D eigenvalue weighted by Gasteiger charge is -2.38. The Balaban J connectivity index is 3.03. The molecule has 0 N–H and O–H groups in total. The van der Waals surface area contributed by atoms with Crippen LogP contribution in [0.1, 0.15) is 27.7 Å². The Bertz CT molecular complexity index is 347. The van der Waals surface area contributed by atoms with E-state index in [0.29, 0.717) is 11.3 Å². The molecule has 5 heteroatoms. The number of hydrogen-bond donors (Lipinski definition) is 0. The molecule has 84 valence electrons. The number of carbonyl (C=O) groups excluding carboxylic acids is 2. The zero-order valence-electron chi connectivity index (χ0n) is 9.26. The Morgan fingerprint density at radius 3 is 2.47 bits per heavy atom. The van der Waals surface area contributed by atoms with Gasteiger partial charge >= 0.3 is 0 Å². The van der Waals surface area contributed by atoms with Crippen molar-refractivity contribution in [2.45, 2.75) is 33.2 Å². The van der Waals surface area contributed by atoms with Crippen molar-refractivity contribution in [3.05, 3.63) is 11.3 Å². The molecular weight excluding hydrogens is 218 g/mol. The van der Waals surface area contributed by atoms with Crippen molar-refractivity contribution in [3.8, 4) is 0 Å². The largest absolute Gasteiger partial charge is 0.477 e. The maximum Gasteiger partial charge on any atom is 0.256 e.